The van der Waals surface area contributed by atoms with Crippen molar-refractivity contribution < 1.29 is 14.1 Å². The van der Waals surface area contributed by atoms with E-state index < -0.39 is 0 Å². The molecular weight excluding hydrogens is 472 g/mol. The molecule has 0 bridgehead atoms. The van der Waals surface area contributed by atoms with Crippen molar-refractivity contribution in [3.63, 3.8) is 0 Å². The van der Waals surface area contributed by atoms with Crippen molar-refractivity contribution in [1.82, 2.24) is 24.8 Å². The number of aromatic nitrogens is 4. The van der Waals surface area contributed by atoms with Crippen molar-refractivity contribution in [2.45, 2.75) is 20.4 Å². The number of benzene rings is 2. The van der Waals surface area contributed by atoms with Gasteiger partial charge in [0.25, 0.3) is 5.56 Å². The average molecular weight is 499 g/mol. The second kappa shape index (κ2) is 10.2. The van der Waals surface area contributed by atoms with Crippen LogP contribution in [0.15, 0.2) is 70.0 Å². The minimum atomic E-state index is -0.348. The van der Waals surface area contributed by atoms with Gasteiger partial charge in [-0.2, -0.15) is 10.1 Å². The SMILES string of the molecule is CC(=O)c1ccc(N2CCN(C(=O)c3nc(Cn4nc(-c5ccc(C)cc5)ccc4=O)no3)CC2)cc1. The summed E-state index contributed by atoms with van der Waals surface area (Å²) < 4.78 is 6.48. The van der Waals surface area contributed by atoms with E-state index >= 15 is 0 Å². The van der Waals surface area contributed by atoms with E-state index in [4.69, 9.17) is 4.52 Å². The van der Waals surface area contributed by atoms with Crippen LogP contribution in [0.4, 0.5) is 5.69 Å². The highest BCUT2D eigenvalue weighted by Crippen LogP contribution is 2.19. The fraction of sp³-hybridized carbons (Fsp3) is 0.259. The highest BCUT2D eigenvalue weighted by Gasteiger charge is 2.26. The van der Waals surface area contributed by atoms with Crippen LogP contribution in [0.5, 0.6) is 0 Å². The number of amides is 1. The molecule has 2 aromatic carbocycles. The highest BCUT2D eigenvalue weighted by molar-refractivity contribution is 5.94. The van der Waals surface area contributed by atoms with Gasteiger partial charge in [0.1, 0.15) is 6.54 Å². The molecule has 1 fully saturated rings. The minimum absolute atomic E-state index is 0.0145. The molecule has 0 spiro atoms. The summed E-state index contributed by atoms with van der Waals surface area (Å²) in [6.45, 7) is 5.78. The zero-order valence-electron chi connectivity index (χ0n) is 20.6. The maximum atomic E-state index is 13.0. The third kappa shape index (κ3) is 5.32. The van der Waals surface area contributed by atoms with Gasteiger partial charge in [0.15, 0.2) is 11.6 Å². The average Bonchev–Trinajstić information content (AvgIpc) is 3.39. The normalized spacial score (nSPS) is 13.6. The van der Waals surface area contributed by atoms with E-state index in [1.165, 1.54) is 10.7 Å². The topological polar surface area (TPSA) is 114 Å². The summed E-state index contributed by atoms with van der Waals surface area (Å²) in [5, 5.41) is 8.32. The van der Waals surface area contributed by atoms with E-state index in [2.05, 4.69) is 20.1 Å². The summed E-state index contributed by atoms with van der Waals surface area (Å²) in [7, 11) is 0. The lowest BCUT2D eigenvalue weighted by molar-refractivity contribution is 0.0696. The van der Waals surface area contributed by atoms with Crippen molar-refractivity contribution in [2.24, 2.45) is 0 Å². The zero-order chi connectivity index (χ0) is 25.9. The van der Waals surface area contributed by atoms with Crippen molar-refractivity contribution in [3.05, 3.63) is 93.9 Å². The number of Topliss-reactive ketones (excluding diaryl/α,β-unsaturated/α-hetero) is 1. The number of rotatable bonds is 6. The Morgan fingerprint density at radius 3 is 2.30 bits per heavy atom. The molecule has 0 radical (unpaired) electrons. The van der Waals surface area contributed by atoms with E-state index in [1.54, 1.807) is 17.9 Å². The Kier molecular flexibility index (Phi) is 6.63. The largest absolute Gasteiger partial charge is 0.368 e. The Bertz CT molecular complexity index is 1480. The molecule has 10 nitrogen and oxygen atoms in total. The first kappa shape index (κ1) is 24.1. The van der Waals surface area contributed by atoms with E-state index in [-0.39, 0.29) is 35.5 Å². The van der Waals surface area contributed by atoms with Crippen LogP contribution in [0, 0.1) is 6.92 Å². The molecule has 3 heterocycles. The first-order chi connectivity index (χ1) is 17.9. The maximum Gasteiger partial charge on any atom is 0.316 e. The molecule has 0 aliphatic carbocycles. The summed E-state index contributed by atoms with van der Waals surface area (Å²) in [5.74, 6) is -0.236. The Labute approximate surface area is 213 Å². The number of anilines is 1. The van der Waals surface area contributed by atoms with Crippen LogP contribution in [-0.2, 0) is 6.54 Å². The lowest BCUT2D eigenvalue weighted by atomic mass is 10.1. The summed E-state index contributed by atoms with van der Waals surface area (Å²) >= 11 is 0. The molecule has 1 aliphatic rings. The van der Waals surface area contributed by atoms with Gasteiger partial charge >= 0.3 is 11.8 Å². The smallest absolute Gasteiger partial charge is 0.316 e. The summed E-state index contributed by atoms with van der Waals surface area (Å²) in [5.41, 5.74) is 4.03. The first-order valence-electron chi connectivity index (χ1n) is 12.0. The molecule has 2 aromatic heterocycles. The fourth-order valence-electron chi connectivity index (χ4n) is 4.19. The lowest BCUT2D eigenvalue weighted by Crippen LogP contribution is -2.48. The second-order valence-corrected chi connectivity index (χ2v) is 8.98. The second-order valence-electron chi connectivity index (χ2n) is 8.98. The molecule has 5 rings (SSSR count). The molecular formula is C27H26N6O4. The monoisotopic (exact) mass is 498 g/mol. The Morgan fingerprint density at radius 1 is 0.919 bits per heavy atom. The number of hydrogen-bond acceptors (Lipinski definition) is 8. The number of carbonyl (C=O) groups is 2. The number of piperazine rings is 1. The number of carbonyl (C=O) groups excluding carboxylic acids is 2. The van der Waals surface area contributed by atoms with Crippen LogP contribution >= 0.6 is 0 Å². The Balaban J connectivity index is 1.23. The van der Waals surface area contributed by atoms with Gasteiger partial charge < -0.3 is 14.3 Å². The van der Waals surface area contributed by atoms with Crippen LogP contribution in [0.1, 0.15) is 39.4 Å². The highest BCUT2D eigenvalue weighted by atomic mass is 16.5. The van der Waals surface area contributed by atoms with Crippen LogP contribution in [-0.4, -0.2) is 62.7 Å². The van der Waals surface area contributed by atoms with Gasteiger partial charge in [-0.3, -0.25) is 14.4 Å². The van der Waals surface area contributed by atoms with Gasteiger partial charge in [0, 0.05) is 49.1 Å². The first-order valence-corrected chi connectivity index (χ1v) is 12.0. The minimum Gasteiger partial charge on any atom is -0.368 e. The van der Waals surface area contributed by atoms with Gasteiger partial charge in [0.2, 0.25) is 0 Å². The van der Waals surface area contributed by atoms with E-state index in [1.807, 2.05) is 55.5 Å². The molecule has 10 heteroatoms. The molecule has 1 saturated heterocycles. The van der Waals surface area contributed by atoms with E-state index in [0.717, 1.165) is 16.8 Å². The number of ketones is 1. The van der Waals surface area contributed by atoms with Crippen molar-refractivity contribution >= 4 is 17.4 Å². The van der Waals surface area contributed by atoms with Crippen molar-refractivity contribution in [1.29, 1.82) is 0 Å². The van der Waals surface area contributed by atoms with Gasteiger partial charge in [0.05, 0.1) is 5.69 Å². The van der Waals surface area contributed by atoms with Crippen molar-refractivity contribution in [2.75, 3.05) is 31.1 Å². The zero-order valence-corrected chi connectivity index (χ0v) is 20.6. The molecule has 188 valence electrons. The van der Waals surface area contributed by atoms with Gasteiger partial charge in [-0.05, 0) is 44.2 Å². The number of nitrogens with zero attached hydrogens (tertiary/aromatic N) is 6. The summed E-state index contributed by atoms with van der Waals surface area (Å²) in [6, 6.07) is 18.4. The standard InChI is InChI=1S/C27H26N6O4/c1-18-3-5-21(6-4-18)23-11-12-25(35)33(29-23)17-24-28-26(37-30-24)27(36)32-15-13-31(14-16-32)22-9-7-20(8-10-22)19(2)34/h3-12H,13-17H2,1-2H3. The van der Waals surface area contributed by atoms with Gasteiger partial charge in [-0.1, -0.05) is 35.0 Å². The van der Waals surface area contributed by atoms with Crippen LogP contribution < -0.4 is 10.5 Å². The third-order valence-corrected chi connectivity index (χ3v) is 6.36. The quantitative estimate of drug-likeness (QED) is 0.373. The van der Waals surface area contributed by atoms with Crippen LogP contribution in [0.25, 0.3) is 11.3 Å². The Hall–Kier alpha value is -4.60. The molecule has 4 aromatic rings. The molecule has 0 saturated carbocycles. The van der Waals surface area contributed by atoms with Crippen molar-refractivity contribution in [3.8, 4) is 11.3 Å². The van der Waals surface area contributed by atoms with Crippen LogP contribution in [0.2, 0.25) is 0 Å². The molecule has 1 aliphatic heterocycles. The molecule has 0 atom stereocenters. The summed E-state index contributed by atoms with van der Waals surface area (Å²) in [4.78, 5) is 44.9. The van der Waals surface area contributed by atoms with Crippen LogP contribution in [0.3, 0.4) is 0 Å². The predicted octanol–water partition coefficient (Wildman–Crippen LogP) is 2.82. The van der Waals surface area contributed by atoms with E-state index in [0.29, 0.717) is 37.4 Å². The fourth-order valence-corrected chi connectivity index (χ4v) is 4.19. The summed E-state index contributed by atoms with van der Waals surface area (Å²) in [6.07, 6.45) is 0. The van der Waals surface area contributed by atoms with E-state index in [9.17, 15) is 14.4 Å². The third-order valence-electron chi connectivity index (χ3n) is 6.36. The maximum absolute atomic E-state index is 13.0. The molecule has 0 N–H and O–H groups in total. The molecule has 1 amide bonds. The number of aryl methyl sites for hydroxylation is 1. The van der Waals surface area contributed by atoms with Gasteiger partial charge in [-0.25, -0.2) is 4.68 Å². The van der Waals surface area contributed by atoms with Gasteiger partial charge in [-0.15, -0.1) is 0 Å². The molecule has 0 unspecified atom stereocenters. The predicted molar refractivity (Wildman–Crippen MR) is 137 cm³/mol. The molecule has 37 heavy (non-hydrogen) atoms. The lowest BCUT2D eigenvalue weighted by Gasteiger charge is -2.35. The Morgan fingerprint density at radius 2 is 1.62 bits per heavy atom. The number of hydrogen-bond donors (Lipinski definition) is 0.